The molecule has 0 aliphatic rings. The van der Waals surface area contributed by atoms with Crippen LogP contribution >= 0.6 is 0 Å². The molecule has 2 aromatic carbocycles. The molecule has 5 rings (SSSR count). The van der Waals surface area contributed by atoms with Gasteiger partial charge < -0.3 is 15.8 Å². The molecule has 170 valence electrons. The molecule has 7 nitrogen and oxygen atoms in total. The molecule has 3 heterocycles. The molecule has 0 aliphatic carbocycles. The molecule has 7 heteroatoms. The average molecular weight is 451 g/mol. The van der Waals surface area contributed by atoms with Crippen molar-refractivity contribution in [1.29, 1.82) is 0 Å². The molecule has 0 aliphatic heterocycles. The number of nitrogen functional groups attached to an aromatic ring is 1. The van der Waals surface area contributed by atoms with Gasteiger partial charge in [-0.15, -0.1) is 5.10 Å². The third kappa shape index (κ3) is 4.32. The van der Waals surface area contributed by atoms with Crippen molar-refractivity contribution >= 4 is 33.3 Å². The lowest BCUT2D eigenvalue weighted by molar-refractivity contribution is 0.304. The standard InChI is InChI=1S/C27H26N6O/c1-16-10-23-22(8-9-29-27(23)28)18(3)24(16)14-30-26-12-21(13-31-33-26)34-15-19-5-7-25-20(11-19)6-4-17(2)32-25/h4-13H,14-15H2,1-3H3,(H2,28,29)(H,30,33). The summed E-state index contributed by atoms with van der Waals surface area (Å²) in [6.07, 6.45) is 3.37. The Balaban J connectivity index is 1.29. The quantitative estimate of drug-likeness (QED) is 0.363. The molecule has 34 heavy (non-hydrogen) atoms. The number of pyridine rings is 2. The van der Waals surface area contributed by atoms with Crippen molar-refractivity contribution in [2.75, 3.05) is 11.1 Å². The summed E-state index contributed by atoms with van der Waals surface area (Å²) in [6.45, 7) is 7.24. The number of aryl methyl sites for hydroxylation is 3. The van der Waals surface area contributed by atoms with Gasteiger partial charge in [0.15, 0.2) is 5.82 Å². The molecular formula is C27H26N6O. The minimum atomic E-state index is 0.438. The van der Waals surface area contributed by atoms with E-state index in [0.717, 1.165) is 38.5 Å². The van der Waals surface area contributed by atoms with Gasteiger partial charge in [-0.25, -0.2) is 4.98 Å². The molecule has 0 bridgehead atoms. The maximum absolute atomic E-state index is 6.07. The van der Waals surface area contributed by atoms with E-state index in [0.29, 0.717) is 30.5 Å². The number of benzene rings is 2. The lowest BCUT2D eigenvalue weighted by Crippen LogP contribution is -2.07. The van der Waals surface area contributed by atoms with Crippen LogP contribution in [-0.4, -0.2) is 20.2 Å². The van der Waals surface area contributed by atoms with Gasteiger partial charge in [-0.2, -0.15) is 5.10 Å². The van der Waals surface area contributed by atoms with Crippen LogP contribution in [0.3, 0.4) is 0 Å². The highest BCUT2D eigenvalue weighted by Crippen LogP contribution is 2.28. The van der Waals surface area contributed by atoms with Crippen molar-refractivity contribution in [3.05, 3.63) is 88.9 Å². The van der Waals surface area contributed by atoms with Crippen LogP contribution in [0.4, 0.5) is 11.6 Å². The molecule has 3 aromatic heterocycles. The molecular weight excluding hydrogens is 424 g/mol. The second kappa shape index (κ2) is 8.94. The fourth-order valence-electron chi connectivity index (χ4n) is 4.23. The maximum Gasteiger partial charge on any atom is 0.152 e. The molecule has 0 fully saturated rings. The van der Waals surface area contributed by atoms with Crippen LogP contribution in [0.2, 0.25) is 0 Å². The Kier molecular flexibility index (Phi) is 5.67. The van der Waals surface area contributed by atoms with Crippen LogP contribution in [0.1, 0.15) is 27.9 Å². The normalized spacial score (nSPS) is 11.1. The summed E-state index contributed by atoms with van der Waals surface area (Å²) in [5.41, 5.74) is 12.7. The van der Waals surface area contributed by atoms with Gasteiger partial charge >= 0.3 is 0 Å². The number of ether oxygens (including phenoxy) is 1. The highest BCUT2D eigenvalue weighted by atomic mass is 16.5. The van der Waals surface area contributed by atoms with Crippen LogP contribution in [0.5, 0.6) is 5.75 Å². The number of hydrogen-bond acceptors (Lipinski definition) is 7. The number of anilines is 2. The number of hydrogen-bond donors (Lipinski definition) is 2. The third-order valence-corrected chi connectivity index (χ3v) is 6.09. The zero-order valence-corrected chi connectivity index (χ0v) is 19.5. The fourth-order valence-corrected chi connectivity index (χ4v) is 4.23. The van der Waals surface area contributed by atoms with Gasteiger partial charge in [0.05, 0.1) is 11.7 Å². The molecule has 0 atom stereocenters. The Bertz CT molecular complexity index is 1510. The summed E-state index contributed by atoms with van der Waals surface area (Å²) in [5, 5.41) is 14.9. The Labute approximate surface area is 198 Å². The van der Waals surface area contributed by atoms with Crippen molar-refractivity contribution in [2.24, 2.45) is 0 Å². The summed E-state index contributed by atoms with van der Waals surface area (Å²) in [5.74, 6) is 1.87. The van der Waals surface area contributed by atoms with Crippen LogP contribution in [0.25, 0.3) is 21.7 Å². The SMILES string of the molecule is Cc1ccc2cc(COc3cnnc(NCc4c(C)cc5c(N)nccc5c4C)c3)ccc2n1. The zero-order chi connectivity index (χ0) is 23.7. The molecule has 3 N–H and O–H groups in total. The van der Waals surface area contributed by atoms with E-state index in [1.807, 2.05) is 37.3 Å². The highest BCUT2D eigenvalue weighted by Gasteiger charge is 2.11. The largest absolute Gasteiger partial charge is 0.487 e. The molecule has 5 aromatic rings. The van der Waals surface area contributed by atoms with E-state index in [1.165, 1.54) is 11.1 Å². The van der Waals surface area contributed by atoms with Gasteiger partial charge in [0.1, 0.15) is 18.2 Å². The summed E-state index contributed by atoms with van der Waals surface area (Å²) in [7, 11) is 0. The van der Waals surface area contributed by atoms with Gasteiger partial charge in [-0.05, 0) is 78.7 Å². The molecule has 0 unspecified atom stereocenters. The highest BCUT2D eigenvalue weighted by molar-refractivity contribution is 5.94. The number of rotatable bonds is 6. The summed E-state index contributed by atoms with van der Waals surface area (Å²) in [6, 6.07) is 16.2. The molecule has 0 saturated heterocycles. The van der Waals surface area contributed by atoms with Gasteiger partial charge in [0, 0.05) is 35.3 Å². The minimum absolute atomic E-state index is 0.438. The number of nitrogens with one attached hydrogen (secondary N) is 1. The lowest BCUT2D eigenvalue weighted by Gasteiger charge is -2.15. The predicted molar refractivity (Wildman–Crippen MR) is 136 cm³/mol. The van der Waals surface area contributed by atoms with Gasteiger partial charge in [0.2, 0.25) is 0 Å². The van der Waals surface area contributed by atoms with Crippen LogP contribution in [-0.2, 0) is 13.2 Å². The Morgan fingerprint density at radius 2 is 1.85 bits per heavy atom. The van der Waals surface area contributed by atoms with Crippen molar-refractivity contribution in [3.63, 3.8) is 0 Å². The minimum Gasteiger partial charge on any atom is -0.487 e. The predicted octanol–water partition coefficient (Wildman–Crippen LogP) is 5.27. The van der Waals surface area contributed by atoms with E-state index in [9.17, 15) is 0 Å². The molecule has 0 spiro atoms. The Hall–Kier alpha value is -4.26. The van der Waals surface area contributed by atoms with Crippen LogP contribution in [0, 0.1) is 20.8 Å². The second-order valence-electron chi connectivity index (χ2n) is 8.49. The number of nitrogens with zero attached hydrogens (tertiary/aromatic N) is 4. The topological polar surface area (TPSA) is 98.8 Å². The van der Waals surface area contributed by atoms with E-state index < -0.39 is 0 Å². The fraction of sp³-hybridized carbons (Fsp3) is 0.185. The van der Waals surface area contributed by atoms with E-state index >= 15 is 0 Å². The third-order valence-electron chi connectivity index (χ3n) is 6.09. The smallest absolute Gasteiger partial charge is 0.152 e. The van der Waals surface area contributed by atoms with Crippen molar-refractivity contribution in [3.8, 4) is 5.75 Å². The van der Waals surface area contributed by atoms with Crippen molar-refractivity contribution < 1.29 is 4.74 Å². The summed E-state index contributed by atoms with van der Waals surface area (Å²) in [4.78, 5) is 8.76. The summed E-state index contributed by atoms with van der Waals surface area (Å²) < 4.78 is 5.99. The van der Waals surface area contributed by atoms with Gasteiger partial charge in [-0.1, -0.05) is 12.1 Å². The first-order valence-corrected chi connectivity index (χ1v) is 11.2. The first-order valence-electron chi connectivity index (χ1n) is 11.2. The molecule has 0 amide bonds. The number of nitrogens with two attached hydrogens (primary N) is 1. The van der Waals surface area contributed by atoms with E-state index in [-0.39, 0.29) is 0 Å². The van der Waals surface area contributed by atoms with Crippen LogP contribution in [0.15, 0.2) is 60.9 Å². The summed E-state index contributed by atoms with van der Waals surface area (Å²) >= 11 is 0. The zero-order valence-electron chi connectivity index (χ0n) is 19.5. The first-order chi connectivity index (χ1) is 16.5. The lowest BCUT2D eigenvalue weighted by atomic mass is 9.96. The van der Waals surface area contributed by atoms with E-state index in [4.69, 9.17) is 10.5 Å². The monoisotopic (exact) mass is 450 g/mol. The Morgan fingerprint density at radius 3 is 2.74 bits per heavy atom. The van der Waals surface area contributed by atoms with Crippen molar-refractivity contribution in [2.45, 2.75) is 33.9 Å². The average Bonchev–Trinajstić information content (AvgIpc) is 2.83. The second-order valence-corrected chi connectivity index (χ2v) is 8.49. The number of aromatic nitrogens is 4. The first kappa shape index (κ1) is 21.6. The van der Waals surface area contributed by atoms with Crippen molar-refractivity contribution in [1.82, 2.24) is 20.2 Å². The van der Waals surface area contributed by atoms with Crippen LogP contribution < -0.4 is 15.8 Å². The van der Waals surface area contributed by atoms with Gasteiger partial charge in [-0.3, -0.25) is 4.98 Å². The van der Waals surface area contributed by atoms with Gasteiger partial charge in [0.25, 0.3) is 0 Å². The number of fused-ring (bicyclic) bond motifs is 2. The maximum atomic E-state index is 6.07. The van der Waals surface area contributed by atoms with E-state index in [2.05, 4.69) is 57.5 Å². The van der Waals surface area contributed by atoms with E-state index in [1.54, 1.807) is 12.4 Å². The molecule has 0 saturated carbocycles. The Morgan fingerprint density at radius 1 is 0.971 bits per heavy atom. The molecule has 0 radical (unpaired) electrons.